The predicted octanol–water partition coefficient (Wildman–Crippen LogP) is 5.45. The lowest BCUT2D eigenvalue weighted by Gasteiger charge is -2.09. The third kappa shape index (κ3) is 3.91. The summed E-state index contributed by atoms with van der Waals surface area (Å²) in [5.41, 5.74) is 0.691. The molecule has 26 heavy (non-hydrogen) atoms. The highest BCUT2D eigenvalue weighted by Gasteiger charge is 2.29. The van der Waals surface area contributed by atoms with Gasteiger partial charge in [0.15, 0.2) is 0 Å². The molecule has 6 heteroatoms. The average molecular weight is 356 g/mol. The molecule has 1 heterocycles. The van der Waals surface area contributed by atoms with Gasteiger partial charge in [-0.3, -0.25) is 9.78 Å². The summed E-state index contributed by atoms with van der Waals surface area (Å²) >= 11 is 0. The van der Waals surface area contributed by atoms with Crippen molar-refractivity contribution in [3.05, 3.63) is 77.6 Å². The molecule has 0 aliphatic rings. The monoisotopic (exact) mass is 356 g/mol. The molecule has 0 atom stereocenters. The molecule has 3 rings (SSSR count). The van der Waals surface area contributed by atoms with Crippen molar-refractivity contribution in [3.63, 3.8) is 0 Å². The van der Waals surface area contributed by atoms with Crippen molar-refractivity contribution in [3.8, 4) is 0 Å². The van der Waals surface area contributed by atoms with Crippen LogP contribution in [-0.4, -0.2) is 17.1 Å². The minimum absolute atomic E-state index is 0.336. The van der Waals surface area contributed by atoms with Crippen molar-refractivity contribution in [1.29, 1.82) is 0 Å². The van der Waals surface area contributed by atoms with E-state index in [0.29, 0.717) is 16.8 Å². The van der Waals surface area contributed by atoms with Crippen molar-refractivity contribution in [2.45, 2.75) is 13.1 Å². The number of rotatable bonds is 3. The number of nitrogens with one attached hydrogen (secondary N) is 1. The first kappa shape index (κ1) is 17.7. The topological polar surface area (TPSA) is 42.0 Å². The highest BCUT2D eigenvalue weighted by Crippen LogP contribution is 2.27. The maximum atomic E-state index is 12.6. The van der Waals surface area contributed by atoms with E-state index in [0.717, 1.165) is 23.8 Å². The minimum Gasteiger partial charge on any atom is -0.321 e. The Morgan fingerprint density at radius 2 is 1.81 bits per heavy atom. The number of hydrogen-bond donors (Lipinski definition) is 1. The van der Waals surface area contributed by atoms with Crippen LogP contribution in [0, 0.1) is 0 Å². The summed E-state index contributed by atoms with van der Waals surface area (Å²) in [6.45, 7) is 1.01. The molecule has 0 saturated heterocycles. The van der Waals surface area contributed by atoms with E-state index in [4.69, 9.17) is 0 Å². The van der Waals surface area contributed by atoms with E-state index in [1.165, 1.54) is 24.3 Å². The molecule has 0 radical (unpaired) electrons. The van der Waals surface area contributed by atoms with E-state index in [1.807, 2.05) is 12.1 Å². The molecule has 0 aliphatic heterocycles. The molecule has 0 aliphatic carbocycles. The van der Waals surface area contributed by atoms with Gasteiger partial charge in [0, 0.05) is 40.0 Å². The molecule has 1 N–H and O–H groups in total. The zero-order valence-corrected chi connectivity index (χ0v) is 13.8. The Labute approximate surface area is 148 Å². The first-order valence-corrected chi connectivity index (χ1v) is 7.84. The maximum absolute atomic E-state index is 12.6. The number of fused-ring (bicyclic) bond motifs is 1. The standard InChI is InChI=1S/C20H15F3N2O/c1-13(20(21,22)23)11-14-5-7-15(8-6-14)19(26)25-18-4-2-3-16-12-24-10-9-17(16)18/h2-12H,1H3,(H,25,26). The minimum atomic E-state index is -4.36. The zero-order chi connectivity index (χ0) is 18.7. The maximum Gasteiger partial charge on any atom is 0.412 e. The van der Waals surface area contributed by atoms with Crippen LogP contribution in [0.2, 0.25) is 0 Å². The van der Waals surface area contributed by atoms with Crippen molar-refractivity contribution in [1.82, 2.24) is 4.98 Å². The van der Waals surface area contributed by atoms with Gasteiger partial charge < -0.3 is 5.32 Å². The molecule has 132 valence electrons. The second kappa shape index (κ2) is 7.00. The van der Waals surface area contributed by atoms with Gasteiger partial charge in [-0.05, 0) is 42.8 Å². The van der Waals surface area contributed by atoms with Crippen LogP contribution in [0.25, 0.3) is 16.8 Å². The molecule has 3 nitrogen and oxygen atoms in total. The van der Waals surface area contributed by atoms with Crippen LogP contribution >= 0.6 is 0 Å². The zero-order valence-electron chi connectivity index (χ0n) is 13.8. The fourth-order valence-corrected chi connectivity index (χ4v) is 2.49. The number of pyridine rings is 1. The molecule has 0 unspecified atom stereocenters. The fourth-order valence-electron chi connectivity index (χ4n) is 2.49. The highest BCUT2D eigenvalue weighted by molar-refractivity contribution is 6.09. The summed E-state index contributed by atoms with van der Waals surface area (Å²) in [5.74, 6) is -0.336. The molecular formula is C20H15F3N2O. The van der Waals surface area contributed by atoms with E-state index in [1.54, 1.807) is 24.5 Å². The van der Waals surface area contributed by atoms with E-state index in [9.17, 15) is 18.0 Å². The van der Waals surface area contributed by atoms with Gasteiger partial charge in [0.05, 0.1) is 0 Å². The first-order valence-electron chi connectivity index (χ1n) is 7.84. The number of carbonyl (C=O) groups is 1. The van der Waals surface area contributed by atoms with Crippen LogP contribution in [0.15, 0.2) is 66.5 Å². The highest BCUT2D eigenvalue weighted by atomic mass is 19.4. The second-order valence-corrected chi connectivity index (χ2v) is 5.80. The Morgan fingerprint density at radius 3 is 2.50 bits per heavy atom. The van der Waals surface area contributed by atoms with Gasteiger partial charge in [0.25, 0.3) is 5.91 Å². The van der Waals surface area contributed by atoms with Crippen LogP contribution in [0.5, 0.6) is 0 Å². The molecular weight excluding hydrogens is 341 g/mol. The number of amides is 1. The number of halogens is 3. The smallest absolute Gasteiger partial charge is 0.321 e. The lowest BCUT2D eigenvalue weighted by molar-refractivity contribution is -0.0903. The van der Waals surface area contributed by atoms with Gasteiger partial charge in [0.1, 0.15) is 0 Å². The number of nitrogens with zero attached hydrogens (tertiary/aromatic N) is 1. The SMILES string of the molecule is CC(=Cc1ccc(C(=O)Nc2cccc3cnccc23)cc1)C(F)(F)F. The van der Waals surface area contributed by atoms with Gasteiger partial charge in [0.2, 0.25) is 0 Å². The lowest BCUT2D eigenvalue weighted by atomic mass is 10.1. The average Bonchev–Trinajstić information content (AvgIpc) is 2.62. The normalized spacial score (nSPS) is 12.2. The Kier molecular flexibility index (Phi) is 4.75. The molecule has 3 aromatic rings. The molecule has 2 aromatic carbocycles. The van der Waals surface area contributed by atoms with E-state index >= 15 is 0 Å². The summed E-state index contributed by atoms with van der Waals surface area (Å²) in [6.07, 6.45) is 0.0237. The number of allylic oxidation sites excluding steroid dienone is 1. The molecule has 1 aromatic heterocycles. The van der Waals surface area contributed by atoms with Crippen molar-refractivity contribution in [2.24, 2.45) is 0 Å². The summed E-state index contributed by atoms with van der Waals surface area (Å²) in [6, 6.07) is 13.3. The Morgan fingerprint density at radius 1 is 1.08 bits per heavy atom. The number of hydrogen-bond acceptors (Lipinski definition) is 2. The number of alkyl halides is 3. The first-order chi connectivity index (χ1) is 12.3. The third-order valence-electron chi connectivity index (χ3n) is 3.93. The van der Waals surface area contributed by atoms with E-state index in [2.05, 4.69) is 10.3 Å². The molecule has 0 spiro atoms. The van der Waals surface area contributed by atoms with Crippen molar-refractivity contribution >= 4 is 28.4 Å². The molecule has 0 bridgehead atoms. The molecule has 0 fully saturated rings. The molecule has 0 saturated carbocycles. The summed E-state index contributed by atoms with van der Waals surface area (Å²) in [7, 11) is 0. The van der Waals surface area contributed by atoms with Gasteiger partial charge >= 0.3 is 6.18 Å². The van der Waals surface area contributed by atoms with Crippen LogP contribution in [0.1, 0.15) is 22.8 Å². The Hall–Kier alpha value is -3.15. The summed E-state index contributed by atoms with van der Waals surface area (Å²) < 4.78 is 37.7. The summed E-state index contributed by atoms with van der Waals surface area (Å²) in [5, 5.41) is 4.58. The van der Waals surface area contributed by atoms with Gasteiger partial charge in [-0.15, -0.1) is 0 Å². The predicted molar refractivity (Wildman–Crippen MR) is 95.8 cm³/mol. The van der Waals surface area contributed by atoms with Gasteiger partial charge in [-0.25, -0.2) is 0 Å². The van der Waals surface area contributed by atoms with Crippen LogP contribution < -0.4 is 5.32 Å². The summed E-state index contributed by atoms with van der Waals surface area (Å²) in [4.78, 5) is 16.5. The second-order valence-electron chi connectivity index (χ2n) is 5.80. The Bertz CT molecular complexity index is 971. The van der Waals surface area contributed by atoms with E-state index < -0.39 is 11.7 Å². The third-order valence-corrected chi connectivity index (χ3v) is 3.93. The van der Waals surface area contributed by atoms with Crippen molar-refractivity contribution < 1.29 is 18.0 Å². The van der Waals surface area contributed by atoms with Gasteiger partial charge in [-0.1, -0.05) is 24.3 Å². The van der Waals surface area contributed by atoms with E-state index in [-0.39, 0.29) is 5.91 Å². The number of anilines is 1. The lowest BCUT2D eigenvalue weighted by Crippen LogP contribution is -2.12. The van der Waals surface area contributed by atoms with Crippen LogP contribution in [-0.2, 0) is 0 Å². The Balaban J connectivity index is 1.80. The number of benzene rings is 2. The number of carbonyl (C=O) groups excluding carboxylic acids is 1. The number of aromatic nitrogens is 1. The van der Waals surface area contributed by atoms with Crippen LogP contribution in [0.4, 0.5) is 18.9 Å². The fraction of sp³-hybridized carbons (Fsp3) is 0.100. The largest absolute Gasteiger partial charge is 0.412 e. The molecule has 1 amide bonds. The van der Waals surface area contributed by atoms with Crippen LogP contribution in [0.3, 0.4) is 0 Å². The quantitative estimate of drug-likeness (QED) is 0.678. The van der Waals surface area contributed by atoms with Gasteiger partial charge in [-0.2, -0.15) is 13.2 Å². The van der Waals surface area contributed by atoms with Crippen molar-refractivity contribution in [2.75, 3.05) is 5.32 Å².